The van der Waals surface area contributed by atoms with E-state index in [0.717, 1.165) is 0 Å². The van der Waals surface area contributed by atoms with Crippen LogP contribution in [-0.2, 0) is 0 Å². The topological polar surface area (TPSA) is 98.2 Å². The number of benzene rings is 3. The molecule has 0 bridgehead atoms. The monoisotopic (exact) mass is 401 g/mol. The smallest absolute Gasteiger partial charge is 0.256 e. The van der Waals surface area contributed by atoms with Crippen molar-refractivity contribution in [3.05, 3.63) is 95.9 Å². The number of anilines is 1. The molecule has 1 aromatic heterocycles. The standard InChI is InChI=1S/C23H16FN3O3/c24-16-9-5-14(6-10-16)20-13-26-23(30-20)19-4-2-1-3-18(19)22(29)27-17-11-7-15(8-12-17)21(25)28/h1-13H,(H2,25,28)(H,27,29). The lowest BCUT2D eigenvalue weighted by Crippen LogP contribution is -2.14. The van der Waals surface area contributed by atoms with E-state index in [1.54, 1.807) is 48.5 Å². The van der Waals surface area contributed by atoms with Crippen LogP contribution in [0.25, 0.3) is 22.8 Å². The lowest BCUT2D eigenvalue weighted by atomic mass is 10.1. The molecule has 0 fully saturated rings. The van der Waals surface area contributed by atoms with Gasteiger partial charge in [0.25, 0.3) is 5.91 Å². The maximum atomic E-state index is 13.1. The van der Waals surface area contributed by atoms with Crippen molar-refractivity contribution in [1.29, 1.82) is 0 Å². The van der Waals surface area contributed by atoms with Crippen LogP contribution >= 0.6 is 0 Å². The minimum absolute atomic E-state index is 0.268. The van der Waals surface area contributed by atoms with Gasteiger partial charge < -0.3 is 15.5 Å². The minimum Gasteiger partial charge on any atom is -0.436 e. The number of carbonyl (C=O) groups excluding carboxylic acids is 2. The third-order valence-electron chi connectivity index (χ3n) is 4.46. The van der Waals surface area contributed by atoms with E-state index in [1.807, 2.05) is 0 Å². The van der Waals surface area contributed by atoms with Crippen molar-refractivity contribution in [2.24, 2.45) is 5.73 Å². The van der Waals surface area contributed by atoms with E-state index in [-0.39, 0.29) is 17.6 Å². The summed E-state index contributed by atoms with van der Waals surface area (Å²) >= 11 is 0. The third kappa shape index (κ3) is 3.95. The van der Waals surface area contributed by atoms with Crippen LogP contribution in [-0.4, -0.2) is 16.8 Å². The molecule has 0 saturated carbocycles. The predicted molar refractivity (Wildman–Crippen MR) is 110 cm³/mol. The summed E-state index contributed by atoms with van der Waals surface area (Å²) in [5.74, 6) is -0.520. The summed E-state index contributed by atoms with van der Waals surface area (Å²) in [5, 5.41) is 2.78. The number of amides is 2. The zero-order valence-corrected chi connectivity index (χ0v) is 15.6. The number of primary amides is 1. The van der Waals surface area contributed by atoms with Gasteiger partial charge in [-0.1, -0.05) is 12.1 Å². The Kier molecular flexibility index (Phi) is 5.09. The van der Waals surface area contributed by atoms with E-state index in [1.165, 1.54) is 30.5 Å². The van der Waals surface area contributed by atoms with Crippen LogP contribution in [0.2, 0.25) is 0 Å². The number of hydrogen-bond donors (Lipinski definition) is 2. The van der Waals surface area contributed by atoms with Gasteiger partial charge in [-0.2, -0.15) is 0 Å². The normalized spacial score (nSPS) is 10.6. The lowest BCUT2D eigenvalue weighted by Gasteiger charge is -2.08. The highest BCUT2D eigenvalue weighted by Crippen LogP contribution is 2.28. The van der Waals surface area contributed by atoms with Gasteiger partial charge >= 0.3 is 0 Å². The Balaban J connectivity index is 1.60. The molecular weight excluding hydrogens is 385 g/mol. The molecule has 4 aromatic rings. The first kappa shape index (κ1) is 19.1. The van der Waals surface area contributed by atoms with Gasteiger partial charge in [-0.05, 0) is 60.7 Å². The van der Waals surface area contributed by atoms with Gasteiger partial charge in [0.2, 0.25) is 11.8 Å². The van der Waals surface area contributed by atoms with Crippen molar-refractivity contribution in [3.63, 3.8) is 0 Å². The Hall–Kier alpha value is -4.26. The van der Waals surface area contributed by atoms with E-state index < -0.39 is 5.91 Å². The molecule has 0 saturated heterocycles. The van der Waals surface area contributed by atoms with Gasteiger partial charge in [-0.3, -0.25) is 9.59 Å². The fourth-order valence-electron chi connectivity index (χ4n) is 2.93. The minimum atomic E-state index is -0.543. The van der Waals surface area contributed by atoms with Crippen LogP contribution in [0.4, 0.5) is 10.1 Å². The van der Waals surface area contributed by atoms with Crippen LogP contribution in [0.15, 0.2) is 83.4 Å². The molecule has 3 aromatic carbocycles. The first-order valence-corrected chi connectivity index (χ1v) is 9.03. The zero-order valence-electron chi connectivity index (χ0n) is 15.6. The van der Waals surface area contributed by atoms with Gasteiger partial charge in [0.1, 0.15) is 5.82 Å². The first-order chi connectivity index (χ1) is 14.5. The molecule has 0 aliphatic carbocycles. The summed E-state index contributed by atoms with van der Waals surface area (Å²) < 4.78 is 19.0. The molecule has 6 nitrogen and oxygen atoms in total. The molecular formula is C23H16FN3O3. The number of nitrogens with two attached hydrogens (primary N) is 1. The maximum absolute atomic E-state index is 13.1. The molecule has 3 N–H and O–H groups in total. The van der Waals surface area contributed by atoms with Crippen molar-refractivity contribution in [2.75, 3.05) is 5.32 Å². The number of oxazole rings is 1. The fourth-order valence-corrected chi connectivity index (χ4v) is 2.93. The molecule has 0 aliphatic rings. The van der Waals surface area contributed by atoms with Crippen molar-refractivity contribution in [1.82, 2.24) is 4.98 Å². The molecule has 0 aliphatic heterocycles. The number of carbonyl (C=O) groups is 2. The molecule has 1 heterocycles. The third-order valence-corrected chi connectivity index (χ3v) is 4.46. The Bertz CT molecular complexity index is 1220. The molecule has 0 radical (unpaired) electrons. The summed E-state index contributed by atoms with van der Waals surface area (Å²) in [5.41, 5.74) is 7.64. The number of hydrogen-bond acceptors (Lipinski definition) is 4. The second-order valence-corrected chi connectivity index (χ2v) is 6.48. The second-order valence-electron chi connectivity index (χ2n) is 6.48. The SMILES string of the molecule is NC(=O)c1ccc(NC(=O)c2ccccc2-c2ncc(-c3ccc(F)cc3)o2)cc1. The summed E-state index contributed by atoms with van der Waals surface area (Å²) in [6, 6.07) is 19.0. The van der Waals surface area contributed by atoms with Gasteiger partial charge in [0.05, 0.1) is 11.8 Å². The lowest BCUT2D eigenvalue weighted by molar-refractivity contribution is 0.0998. The summed E-state index contributed by atoms with van der Waals surface area (Å²) in [6.45, 7) is 0. The summed E-state index contributed by atoms with van der Waals surface area (Å²) in [6.07, 6.45) is 1.53. The Morgan fingerprint density at radius 2 is 1.63 bits per heavy atom. The first-order valence-electron chi connectivity index (χ1n) is 9.03. The van der Waals surface area contributed by atoms with Crippen LogP contribution in [0, 0.1) is 5.82 Å². The molecule has 0 spiro atoms. The highest BCUT2D eigenvalue weighted by molar-refractivity contribution is 6.08. The van der Waals surface area contributed by atoms with Gasteiger partial charge in [0.15, 0.2) is 5.76 Å². The van der Waals surface area contributed by atoms with Crippen molar-refractivity contribution < 1.29 is 18.4 Å². The quantitative estimate of drug-likeness (QED) is 0.514. The van der Waals surface area contributed by atoms with Crippen LogP contribution in [0.5, 0.6) is 0 Å². The Morgan fingerprint density at radius 1 is 0.933 bits per heavy atom. The Labute approximate surface area is 171 Å². The van der Waals surface area contributed by atoms with Crippen LogP contribution in [0.1, 0.15) is 20.7 Å². The zero-order chi connectivity index (χ0) is 21.1. The predicted octanol–water partition coefficient (Wildman–Crippen LogP) is 4.50. The number of nitrogens with one attached hydrogen (secondary N) is 1. The van der Waals surface area contributed by atoms with Crippen molar-refractivity contribution in [2.45, 2.75) is 0 Å². The molecule has 148 valence electrons. The Morgan fingerprint density at radius 3 is 2.33 bits per heavy atom. The van der Waals surface area contributed by atoms with Crippen LogP contribution < -0.4 is 11.1 Å². The summed E-state index contributed by atoms with van der Waals surface area (Å²) in [4.78, 5) is 28.3. The molecule has 2 amide bonds. The van der Waals surface area contributed by atoms with Gasteiger partial charge in [0, 0.05) is 22.4 Å². The fraction of sp³-hybridized carbons (Fsp3) is 0. The van der Waals surface area contributed by atoms with E-state index in [2.05, 4.69) is 10.3 Å². The van der Waals surface area contributed by atoms with Gasteiger partial charge in [-0.25, -0.2) is 9.37 Å². The number of aromatic nitrogens is 1. The van der Waals surface area contributed by atoms with E-state index in [0.29, 0.717) is 33.7 Å². The average molecular weight is 401 g/mol. The molecule has 0 atom stereocenters. The van der Waals surface area contributed by atoms with Crippen molar-refractivity contribution in [3.8, 4) is 22.8 Å². The number of nitrogens with zero attached hydrogens (tertiary/aromatic N) is 1. The number of rotatable bonds is 5. The molecule has 7 heteroatoms. The highest BCUT2D eigenvalue weighted by Gasteiger charge is 2.17. The molecule has 30 heavy (non-hydrogen) atoms. The van der Waals surface area contributed by atoms with Crippen molar-refractivity contribution >= 4 is 17.5 Å². The van der Waals surface area contributed by atoms with E-state index in [9.17, 15) is 14.0 Å². The number of halogens is 1. The van der Waals surface area contributed by atoms with Crippen LogP contribution in [0.3, 0.4) is 0 Å². The molecule has 4 rings (SSSR count). The summed E-state index contributed by atoms with van der Waals surface area (Å²) in [7, 11) is 0. The molecule has 0 unspecified atom stereocenters. The van der Waals surface area contributed by atoms with E-state index in [4.69, 9.17) is 10.2 Å². The van der Waals surface area contributed by atoms with E-state index >= 15 is 0 Å². The maximum Gasteiger partial charge on any atom is 0.256 e. The average Bonchev–Trinajstić information content (AvgIpc) is 3.25. The second kappa shape index (κ2) is 8.00. The highest BCUT2D eigenvalue weighted by atomic mass is 19.1. The largest absolute Gasteiger partial charge is 0.436 e. The van der Waals surface area contributed by atoms with Gasteiger partial charge in [-0.15, -0.1) is 0 Å².